The highest BCUT2D eigenvalue weighted by Gasteiger charge is 2.36. The summed E-state index contributed by atoms with van der Waals surface area (Å²) >= 11 is 1.38. The van der Waals surface area contributed by atoms with Crippen LogP contribution in [0.25, 0.3) is 0 Å². The molecule has 1 aromatic heterocycles. The molecule has 0 saturated heterocycles. The molecular formula is C23H38N4O5S. The molecule has 10 heteroatoms. The first kappa shape index (κ1) is 27.1. The molecule has 0 bridgehead atoms. The normalized spacial score (nSPS) is 19.9. The van der Waals surface area contributed by atoms with Gasteiger partial charge in [0.2, 0.25) is 11.7 Å². The first-order valence-electron chi connectivity index (χ1n) is 11.7. The number of rotatable bonds is 9. The van der Waals surface area contributed by atoms with E-state index in [1.54, 1.807) is 20.8 Å². The van der Waals surface area contributed by atoms with Crippen LogP contribution in [0.2, 0.25) is 0 Å². The van der Waals surface area contributed by atoms with Crippen LogP contribution in [-0.4, -0.2) is 50.9 Å². The Kier molecular flexibility index (Phi) is 9.75. The van der Waals surface area contributed by atoms with Gasteiger partial charge in [0.05, 0.1) is 12.0 Å². The van der Waals surface area contributed by atoms with Crippen molar-refractivity contribution in [2.24, 2.45) is 11.8 Å². The summed E-state index contributed by atoms with van der Waals surface area (Å²) in [6.45, 7) is 13.3. The van der Waals surface area contributed by atoms with Gasteiger partial charge in [-0.05, 0) is 46.0 Å². The van der Waals surface area contributed by atoms with E-state index in [0.29, 0.717) is 24.5 Å². The SMILES string of the molecule is CC(C)C[C@H](NC(=O)[C@@H]1CCCC[C@@H]1NC(=O)OC(C)(C)C)C(=O)c1nnc(SC(C)C)o1. The Bertz CT molecular complexity index is 818. The van der Waals surface area contributed by atoms with Gasteiger partial charge in [0.15, 0.2) is 0 Å². The predicted molar refractivity (Wildman–Crippen MR) is 126 cm³/mol. The van der Waals surface area contributed by atoms with E-state index in [2.05, 4.69) is 20.8 Å². The van der Waals surface area contributed by atoms with Gasteiger partial charge in [-0.3, -0.25) is 9.59 Å². The zero-order chi connectivity index (χ0) is 24.8. The molecule has 0 radical (unpaired) electrons. The molecule has 1 aliphatic carbocycles. The summed E-state index contributed by atoms with van der Waals surface area (Å²) in [5.41, 5.74) is -0.623. The van der Waals surface area contributed by atoms with Crippen LogP contribution in [0.5, 0.6) is 0 Å². The third kappa shape index (κ3) is 8.98. The molecule has 1 saturated carbocycles. The lowest BCUT2D eigenvalue weighted by Gasteiger charge is -2.33. The molecule has 2 amide bonds. The molecule has 2 rings (SSSR count). The lowest BCUT2D eigenvalue weighted by atomic mass is 9.83. The number of Topliss-reactive ketones (excluding diaryl/α,β-unsaturated/α-hetero) is 1. The average molecular weight is 483 g/mol. The molecule has 1 fully saturated rings. The first-order valence-corrected chi connectivity index (χ1v) is 12.6. The van der Waals surface area contributed by atoms with Gasteiger partial charge in [-0.15, -0.1) is 10.2 Å². The van der Waals surface area contributed by atoms with Crippen molar-refractivity contribution < 1.29 is 23.5 Å². The van der Waals surface area contributed by atoms with Crippen LogP contribution in [-0.2, 0) is 9.53 Å². The van der Waals surface area contributed by atoms with E-state index in [0.717, 1.165) is 12.8 Å². The Morgan fingerprint density at radius 3 is 2.39 bits per heavy atom. The van der Waals surface area contributed by atoms with Gasteiger partial charge in [-0.2, -0.15) is 0 Å². The van der Waals surface area contributed by atoms with Crippen molar-refractivity contribution in [3.63, 3.8) is 0 Å². The number of nitrogens with one attached hydrogen (secondary N) is 2. The number of carbonyl (C=O) groups excluding carboxylic acids is 3. The van der Waals surface area contributed by atoms with Crippen molar-refractivity contribution >= 4 is 29.5 Å². The quantitative estimate of drug-likeness (QED) is 0.393. The van der Waals surface area contributed by atoms with Crippen molar-refractivity contribution in [3.8, 4) is 0 Å². The first-order chi connectivity index (χ1) is 15.4. The van der Waals surface area contributed by atoms with Crippen molar-refractivity contribution in [2.75, 3.05) is 0 Å². The van der Waals surface area contributed by atoms with Crippen LogP contribution in [0.1, 0.15) is 91.3 Å². The molecule has 3 atom stereocenters. The van der Waals surface area contributed by atoms with E-state index in [9.17, 15) is 14.4 Å². The molecule has 1 aliphatic rings. The van der Waals surface area contributed by atoms with Gasteiger partial charge >= 0.3 is 6.09 Å². The van der Waals surface area contributed by atoms with Gasteiger partial charge in [0.25, 0.3) is 11.1 Å². The summed E-state index contributed by atoms with van der Waals surface area (Å²) in [5.74, 6) is -1.04. The number of ketones is 1. The highest BCUT2D eigenvalue weighted by Crippen LogP contribution is 2.26. The minimum absolute atomic E-state index is 0.101. The number of amides is 2. The molecule has 1 heterocycles. The van der Waals surface area contributed by atoms with Crippen LogP contribution in [0.4, 0.5) is 4.79 Å². The maximum atomic E-state index is 13.2. The lowest BCUT2D eigenvalue weighted by Crippen LogP contribution is -2.52. The van der Waals surface area contributed by atoms with Gasteiger partial charge < -0.3 is 19.8 Å². The third-order valence-electron chi connectivity index (χ3n) is 5.10. The molecule has 0 aliphatic heterocycles. The summed E-state index contributed by atoms with van der Waals surface area (Å²) < 4.78 is 10.9. The summed E-state index contributed by atoms with van der Waals surface area (Å²) in [4.78, 5) is 38.6. The molecular weight excluding hydrogens is 444 g/mol. The monoisotopic (exact) mass is 482 g/mol. The maximum Gasteiger partial charge on any atom is 0.407 e. The lowest BCUT2D eigenvalue weighted by molar-refractivity contribution is -0.127. The number of hydrogen-bond donors (Lipinski definition) is 2. The molecule has 186 valence electrons. The molecule has 0 spiro atoms. The van der Waals surface area contributed by atoms with Crippen molar-refractivity contribution in [1.29, 1.82) is 0 Å². The molecule has 1 aromatic rings. The number of ether oxygens (including phenoxy) is 1. The Hall–Kier alpha value is -2.10. The number of nitrogens with zero attached hydrogens (tertiary/aromatic N) is 2. The van der Waals surface area contributed by atoms with Crippen LogP contribution in [0, 0.1) is 11.8 Å². The van der Waals surface area contributed by atoms with Crippen LogP contribution in [0.15, 0.2) is 9.64 Å². The summed E-state index contributed by atoms with van der Waals surface area (Å²) in [5, 5.41) is 14.1. The fraction of sp³-hybridized carbons (Fsp3) is 0.783. The topological polar surface area (TPSA) is 123 Å². The number of aromatic nitrogens is 2. The van der Waals surface area contributed by atoms with Gasteiger partial charge in [0, 0.05) is 11.3 Å². The summed E-state index contributed by atoms with van der Waals surface area (Å²) in [6, 6.07) is -1.13. The van der Waals surface area contributed by atoms with Crippen LogP contribution >= 0.6 is 11.8 Å². The van der Waals surface area contributed by atoms with E-state index in [1.165, 1.54) is 11.8 Å². The number of thioether (sulfide) groups is 1. The van der Waals surface area contributed by atoms with E-state index in [-0.39, 0.29) is 29.0 Å². The zero-order valence-corrected chi connectivity index (χ0v) is 21.6. The minimum atomic E-state index is -0.779. The van der Waals surface area contributed by atoms with Crippen LogP contribution < -0.4 is 10.6 Å². The Labute approximate surface area is 200 Å². The predicted octanol–water partition coefficient (Wildman–Crippen LogP) is 4.37. The highest BCUT2D eigenvalue weighted by molar-refractivity contribution is 7.99. The second kappa shape index (κ2) is 11.9. The fourth-order valence-electron chi connectivity index (χ4n) is 3.77. The van der Waals surface area contributed by atoms with E-state index < -0.39 is 29.4 Å². The Morgan fingerprint density at radius 1 is 1.12 bits per heavy atom. The zero-order valence-electron chi connectivity index (χ0n) is 20.8. The molecule has 33 heavy (non-hydrogen) atoms. The largest absolute Gasteiger partial charge is 0.444 e. The summed E-state index contributed by atoms with van der Waals surface area (Å²) in [6.07, 6.45) is 3.01. The Balaban J connectivity index is 2.11. The maximum absolute atomic E-state index is 13.2. The van der Waals surface area contributed by atoms with Crippen molar-refractivity contribution in [1.82, 2.24) is 20.8 Å². The van der Waals surface area contributed by atoms with E-state index in [1.807, 2.05) is 27.7 Å². The van der Waals surface area contributed by atoms with Crippen LogP contribution in [0.3, 0.4) is 0 Å². The molecule has 2 N–H and O–H groups in total. The molecule has 9 nitrogen and oxygen atoms in total. The minimum Gasteiger partial charge on any atom is -0.444 e. The van der Waals surface area contributed by atoms with Crippen molar-refractivity contribution in [2.45, 2.75) is 109 Å². The third-order valence-corrected chi connectivity index (χ3v) is 5.94. The second-order valence-corrected chi connectivity index (χ2v) is 11.8. The number of alkyl carbamates (subject to hydrolysis) is 1. The number of hydrogen-bond acceptors (Lipinski definition) is 8. The highest BCUT2D eigenvalue weighted by atomic mass is 32.2. The van der Waals surface area contributed by atoms with Gasteiger partial charge in [0.1, 0.15) is 5.60 Å². The van der Waals surface area contributed by atoms with Crippen molar-refractivity contribution in [3.05, 3.63) is 5.89 Å². The molecule has 0 aromatic carbocycles. The fourth-order valence-corrected chi connectivity index (χ4v) is 4.38. The van der Waals surface area contributed by atoms with E-state index in [4.69, 9.17) is 9.15 Å². The summed E-state index contributed by atoms with van der Waals surface area (Å²) in [7, 11) is 0. The van der Waals surface area contributed by atoms with E-state index >= 15 is 0 Å². The number of carbonyl (C=O) groups is 3. The molecule has 0 unspecified atom stereocenters. The van der Waals surface area contributed by atoms with Gasteiger partial charge in [-0.25, -0.2) is 4.79 Å². The second-order valence-electron chi connectivity index (χ2n) is 10.2. The smallest absolute Gasteiger partial charge is 0.407 e. The van der Waals surface area contributed by atoms with Gasteiger partial charge in [-0.1, -0.05) is 52.3 Å². The Morgan fingerprint density at radius 2 is 1.79 bits per heavy atom. The average Bonchev–Trinajstić information content (AvgIpc) is 3.13. The standard InChI is InChI=1S/C23H38N4O5S/c1-13(2)12-17(18(28)20-26-27-22(31-20)33-14(3)4)24-19(29)15-10-8-9-11-16(15)25-21(30)32-23(5,6)7/h13-17H,8-12H2,1-7H3,(H,24,29)(H,25,30)/t15-,16+,17+/m1/s1.